The number of benzene rings is 2. The fraction of sp³-hybridized carbons (Fsp3) is 0.231. The standard InChI is InChI=1S/C13H14FNO3S/c14-8-3-9-18-12-6-7-13(19(15,16)17)11-5-2-1-4-10(11)12/h1-2,4-7H,3,8-9H2,(H2,15,16,17). The maximum absolute atomic E-state index is 12.1. The summed E-state index contributed by atoms with van der Waals surface area (Å²) in [5.41, 5.74) is 0. The van der Waals surface area contributed by atoms with Crippen LogP contribution in [0.1, 0.15) is 6.42 Å². The molecule has 2 rings (SSSR count). The zero-order valence-electron chi connectivity index (χ0n) is 10.2. The van der Waals surface area contributed by atoms with Crippen LogP contribution in [-0.4, -0.2) is 21.7 Å². The highest BCUT2D eigenvalue weighted by Gasteiger charge is 2.14. The van der Waals surface area contributed by atoms with Crippen LogP contribution < -0.4 is 9.88 Å². The molecule has 0 spiro atoms. The Morgan fingerprint density at radius 1 is 1.11 bits per heavy atom. The van der Waals surface area contributed by atoms with Gasteiger partial charge in [0.05, 0.1) is 18.2 Å². The SMILES string of the molecule is NS(=O)(=O)c1ccc(OCCCF)c2ccccc12. The highest BCUT2D eigenvalue weighted by atomic mass is 32.2. The molecule has 2 aromatic carbocycles. The van der Waals surface area contributed by atoms with Gasteiger partial charge in [0.2, 0.25) is 10.0 Å². The van der Waals surface area contributed by atoms with E-state index in [1.165, 1.54) is 6.07 Å². The summed E-state index contributed by atoms with van der Waals surface area (Å²) in [7, 11) is -3.79. The van der Waals surface area contributed by atoms with Gasteiger partial charge >= 0.3 is 0 Å². The predicted octanol–water partition coefficient (Wildman–Crippen LogP) is 2.23. The van der Waals surface area contributed by atoms with Crippen molar-refractivity contribution in [3.8, 4) is 5.75 Å². The van der Waals surface area contributed by atoms with Crippen LogP contribution >= 0.6 is 0 Å². The predicted molar refractivity (Wildman–Crippen MR) is 71.4 cm³/mol. The normalized spacial score (nSPS) is 11.7. The zero-order valence-corrected chi connectivity index (χ0v) is 11.0. The molecule has 0 aliphatic carbocycles. The van der Waals surface area contributed by atoms with E-state index in [4.69, 9.17) is 9.88 Å². The van der Waals surface area contributed by atoms with Crippen molar-refractivity contribution in [1.82, 2.24) is 0 Å². The van der Waals surface area contributed by atoms with Gasteiger partial charge in [-0.25, -0.2) is 13.6 Å². The number of sulfonamides is 1. The lowest BCUT2D eigenvalue weighted by Gasteiger charge is -2.11. The van der Waals surface area contributed by atoms with Crippen LogP contribution in [0.4, 0.5) is 4.39 Å². The first kappa shape index (κ1) is 13.8. The van der Waals surface area contributed by atoms with E-state index in [9.17, 15) is 12.8 Å². The number of fused-ring (bicyclic) bond motifs is 1. The summed E-state index contributed by atoms with van der Waals surface area (Å²) in [6.07, 6.45) is 0.297. The van der Waals surface area contributed by atoms with Gasteiger partial charge < -0.3 is 4.74 Å². The molecule has 0 saturated carbocycles. The second-order valence-corrected chi connectivity index (χ2v) is 5.57. The molecule has 0 heterocycles. The number of hydrogen-bond acceptors (Lipinski definition) is 3. The summed E-state index contributed by atoms with van der Waals surface area (Å²) < 4.78 is 40.5. The highest BCUT2D eigenvalue weighted by molar-refractivity contribution is 7.89. The molecule has 0 fully saturated rings. The largest absolute Gasteiger partial charge is 0.493 e. The van der Waals surface area contributed by atoms with E-state index in [0.29, 0.717) is 22.9 Å². The Bertz CT molecular complexity index is 685. The molecule has 0 aliphatic heterocycles. The first-order chi connectivity index (χ1) is 9.04. The average molecular weight is 283 g/mol. The Balaban J connectivity index is 2.52. The molecule has 0 aliphatic rings. The van der Waals surface area contributed by atoms with Crippen LogP contribution in [0.2, 0.25) is 0 Å². The van der Waals surface area contributed by atoms with Crippen LogP contribution in [-0.2, 0) is 10.0 Å². The molecule has 0 radical (unpaired) electrons. The van der Waals surface area contributed by atoms with Gasteiger partial charge in [-0.15, -0.1) is 0 Å². The van der Waals surface area contributed by atoms with E-state index in [0.717, 1.165) is 0 Å². The Morgan fingerprint density at radius 3 is 2.42 bits per heavy atom. The minimum Gasteiger partial charge on any atom is -0.493 e. The maximum Gasteiger partial charge on any atom is 0.238 e. The third-order valence-corrected chi connectivity index (χ3v) is 3.66. The molecule has 0 aromatic heterocycles. The summed E-state index contributed by atoms with van der Waals surface area (Å²) in [6.45, 7) is -0.206. The van der Waals surface area contributed by atoms with Crippen molar-refractivity contribution >= 4 is 20.8 Å². The first-order valence-electron chi connectivity index (χ1n) is 5.77. The summed E-state index contributed by atoms with van der Waals surface area (Å²) in [5.74, 6) is 0.524. The molecule has 2 aromatic rings. The van der Waals surface area contributed by atoms with E-state index in [2.05, 4.69) is 0 Å². The fourth-order valence-corrected chi connectivity index (χ4v) is 2.60. The van der Waals surface area contributed by atoms with Gasteiger partial charge in [-0.05, 0) is 12.1 Å². The Hall–Kier alpha value is -1.66. The van der Waals surface area contributed by atoms with E-state index >= 15 is 0 Å². The van der Waals surface area contributed by atoms with Crippen molar-refractivity contribution in [2.75, 3.05) is 13.3 Å². The first-order valence-corrected chi connectivity index (χ1v) is 7.32. The summed E-state index contributed by atoms with van der Waals surface area (Å²) in [6, 6.07) is 9.86. The van der Waals surface area contributed by atoms with Gasteiger partial charge in [-0.2, -0.15) is 0 Å². The molecule has 0 atom stereocenters. The Kier molecular flexibility index (Phi) is 4.01. The molecule has 2 N–H and O–H groups in total. The van der Waals surface area contributed by atoms with Crippen LogP contribution in [0.15, 0.2) is 41.3 Å². The summed E-state index contributed by atoms with van der Waals surface area (Å²) in [4.78, 5) is 0.0564. The smallest absolute Gasteiger partial charge is 0.238 e. The number of ether oxygens (including phenoxy) is 1. The molecule has 0 bridgehead atoms. The minimum atomic E-state index is -3.79. The molecule has 0 saturated heterocycles. The molecule has 0 amide bonds. The topological polar surface area (TPSA) is 69.4 Å². The molecule has 6 heteroatoms. The summed E-state index contributed by atoms with van der Waals surface area (Å²) in [5, 5.41) is 6.33. The lowest BCUT2D eigenvalue weighted by Crippen LogP contribution is -2.12. The van der Waals surface area contributed by atoms with Crippen LogP contribution in [0.3, 0.4) is 0 Å². The lowest BCUT2D eigenvalue weighted by atomic mass is 10.1. The average Bonchev–Trinajstić information content (AvgIpc) is 2.37. The van der Waals surface area contributed by atoms with E-state index in [1.807, 2.05) is 0 Å². The Labute approximate surface area is 111 Å². The van der Waals surface area contributed by atoms with Gasteiger partial charge in [0.25, 0.3) is 0 Å². The van der Waals surface area contributed by atoms with E-state index in [1.54, 1.807) is 30.3 Å². The number of primary sulfonamides is 1. The molecular formula is C13H14FNO3S. The van der Waals surface area contributed by atoms with Crippen molar-refractivity contribution in [2.24, 2.45) is 5.14 Å². The number of nitrogens with two attached hydrogens (primary N) is 1. The third-order valence-electron chi connectivity index (χ3n) is 2.69. The zero-order chi connectivity index (χ0) is 13.9. The quantitative estimate of drug-likeness (QED) is 0.855. The maximum atomic E-state index is 12.1. The van der Waals surface area contributed by atoms with Gasteiger partial charge in [0, 0.05) is 17.2 Å². The molecule has 102 valence electrons. The number of halogens is 1. The fourth-order valence-electron chi connectivity index (χ4n) is 1.85. The van der Waals surface area contributed by atoms with Crippen molar-refractivity contribution in [2.45, 2.75) is 11.3 Å². The second kappa shape index (κ2) is 5.54. The molecule has 19 heavy (non-hydrogen) atoms. The van der Waals surface area contributed by atoms with Crippen LogP contribution in [0.25, 0.3) is 10.8 Å². The molecule has 4 nitrogen and oxygen atoms in total. The summed E-state index contributed by atoms with van der Waals surface area (Å²) >= 11 is 0. The number of alkyl halides is 1. The van der Waals surface area contributed by atoms with Crippen molar-refractivity contribution in [1.29, 1.82) is 0 Å². The Morgan fingerprint density at radius 2 is 1.79 bits per heavy atom. The van der Waals surface area contributed by atoms with Gasteiger partial charge in [-0.3, -0.25) is 4.39 Å². The van der Waals surface area contributed by atoms with Crippen molar-refractivity contribution in [3.05, 3.63) is 36.4 Å². The van der Waals surface area contributed by atoms with Crippen LogP contribution in [0.5, 0.6) is 5.75 Å². The molecule has 0 unspecified atom stereocenters. The van der Waals surface area contributed by atoms with Crippen LogP contribution in [0, 0.1) is 0 Å². The monoisotopic (exact) mass is 283 g/mol. The number of hydrogen-bond donors (Lipinski definition) is 1. The highest BCUT2D eigenvalue weighted by Crippen LogP contribution is 2.30. The second-order valence-electron chi connectivity index (χ2n) is 4.04. The number of rotatable bonds is 5. The van der Waals surface area contributed by atoms with E-state index in [-0.39, 0.29) is 11.5 Å². The van der Waals surface area contributed by atoms with Gasteiger partial charge in [-0.1, -0.05) is 24.3 Å². The lowest BCUT2D eigenvalue weighted by molar-refractivity contribution is 0.292. The van der Waals surface area contributed by atoms with Crippen molar-refractivity contribution in [3.63, 3.8) is 0 Å². The third kappa shape index (κ3) is 3.02. The van der Waals surface area contributed by atoms with Gasteiger partial charge in [0.1, 0.15) is 5.75 Å². The van der Waals surface area contributed by atoms with Gasteiger partial charge in [0.15, 0.2) is 0 Å². The van der Waals surface area contributed by atoms with Crippen molar-refractivity contribution < 1.29 is 17.5 Å². The molecular weight excluding hydrogens is 269 g/mol. The minimum absolute atomic E-state index is 0.0564. The van der Waals surface area contributed by atoms with E-state index < -0.39 is 16.7 Å².